The summed E-state index contributed by atoms with van der Waals surface area (Å²) in [5.74, 6) is -0.689. The number of carbonyl (C=O) groups excluding carboxylic acids is 1. The Balaban J connectivity index is 2.08. The second-order valence-corrected chi connectivity index (χ2v) is 7.14. The number of hydrogen-bond donors (Lipinski definition) is 2. The first-order valence-electron chi connectivity index (χ1n) is 7.54. The molecule has 0 bridgehead atoms. The van der Waals surface area contributed by atoms with E-state index in [0.717, 1.165) is 5.56 Å². The summed E-state index contributed by atoms with van der Waals surface area (Å²) in [6.07, 6.45) is 0. The third kappa shape index (κ3) is 4.70. The Morgan fingerprint density at radius 3 is 2.42 bits per heavy atom. The molecule has 140 valence electrons. The topological polar surface area (TPSA) is 93.7 Å². The van der Waals surface area contributed by atoms with Crippen LogP contribution in [-0.4, -0.2) is 35.1 Å². The number of amides is 1. The lowest BCUT2D eigenvalue weighted by molar-refractivity contribution is -0.115. The van der Waals surface area contributed by atoms with Crippen molar-refractivity contribution in [3.8, 4) is 11.5 Å². The van der Waals surface area contributed by atoms with Gasteiger partial charge in [0.15, 0.2) is 11.5 Å². The maximum absolute atomic E-state index is 13.6. The molecule has 2 aromatic rings. The van der Waals surface area contributed by atoms with E-state index in [1.807, 2.05) is 0 Å². The van der Waals surface area contributed by atoms with E-state index < -0.39 is 28.3 Å². The van der Waals surface area contributed by atoms with Crippen LogP contribution in [0.25, 0.3) is 0 Å². The molecule has 0 aromatic heterocycles. The number of rotatable bonds is 7. The molecule has 2 N–H and O–H groups in total. The van der Waals surface area contributed by atoms with Crippen LogP contribution in [0.2, 0.25) is 0 Å². The van der Waals surface area contributed by atoms with Crippen molar-refractivity contribution in [3.63, 3.8) is 0 Å². The monoisotopic (exact) mass is 382 g/mol. The van der Waals surface area contributed by atoms with Crippen molar-refractivity contribution < 1.29 is 27.1 Å². The van der Waals surface area contributed by atoms with Crippen LogP contribution in [0.4, 0.5) is 10.1 Å². The Morgan fingerprint density at radius 1 is 1.08 bits per heavy atom. The highest BCUT2D eigenvalue weighted by Crippen LogP contribution is 2.29. The summed E-state index contributed by atoms with van der Waals surface area (Å²) in [4.78, 5) is 11.8. The molecule has 0 radical (unpaired) electrons. The molecule has 0 aliphatic carbocycles. The van der Waals surface area contributed by atoms with Crippen LogP contribution < -0.4 is 19.5 Å². The largest absolute Gasteiger partial charge is 0.493 e. The third-order valence-electron chi connectivity index (χ3n) is 3.48. The zero-order valence-corrected chi connectivity index (χ0v) is 15.3. The highest BCUT2D eigenvalue weighted by molar-refractivity contribution is 7.89. The summed E-state index contributed by atoms with van der Waals surface area (Å²) >= 11 is 0. The number of benzene rings is 2. The number of sulfonamides is 1. The maximum atomic E-state index is 13.6. The average molecular weight is 382 g/mol. The van der Waals surface area contributed by atoms with Gasteiger partial charge in [0, 0.05) is 6.07 Å². The Labute approximate surface area is 151 Å². The van der Waals surface area contributed by atoms with Crippen LogP contribution in [0.1, 0.15) is 5.56 Å². The molecule has 0 aliphatic heterocycles. The van der Waals surface area contributed by atoms with Crippen molar-refractivity contribution in [1.29, 1.82) is 0 Å². The summed E-state index contributed by atoms with van der Waals surface area (Å²) in [6.45, 7) is 1.19. The molecule has 0 fully saturated rings. The van der Waals surface area contributed by atoms with Gasteiger partial charge in [-0.3, -0.25) is 4.79 Å². The number of hydrogen-bond acceptors (Lipinski definition) is 5. The van der Waals surface area contributed by atoms with Gasteiger partial charge in [0.25, 0.3) is 0 Å². The van der Waals surface area contributed by atoms with Gasteiger partial charge in [-0.05, 0) is 36.8 Å². The molecule has 1 amide bonds. The van der Waals surface area contributed by atoms with Crippen LogP contribution in [0.15, 0.2) is 41.3 Å². The molecular formula is C17H19FN2O5S. The standard InChI is InChI=1S/C17H19FN2O5S/c1-11-4-6-13(18)14(8-11)20-17(21)10-19-26(22,23)12-5-7-15(24-2)16(9-12)25-3/h4-9,19H,10H2,1-3H3,(H,20,21). The molecule has 0 aliphatic rings. The zero-order chi connectivity index (χ0) is 19.3. The van der Waals surface area contributed by atoms with E-state index in [0.29, 0.717) is 5.75 Å². The van der Waals surface area contributed by atoms with Crippen molar-refractivity contribution in [2.45, 2.75) is 11.8 Å². The van der Waals surface area contributed by atoms with Gasteiger partial charge >= 0.3 is 0 Å². The van der Waals surface area contributed by atoms with E-state index in [2.05, 4.69) is 10.0 Å². The van der Waals surface area contributed by atoms with E-state index in [1.54, 1.807) is 13.0 Å². The number of nitrogens with one attached hydrogen (secondary N) is 2. The number of aryl methyl sites for hydroxylation is 1. The molecule has 0 atom stereocenters. The van der Waals surface area contributed by atoms with Gasteiger partial charge in [0.1, 0.15) is 5.82 Å². The van der Waals surface area contributed by atoms with Crippen LogP contribution in [0.5, 0.6) is 11.5 Å². The summed E-state index contributed by atoms with van der Waals surface area (Å²) in [7, 11) is -1.15. The van der Waals surface area contributed by atoms with Gasteiger partial charge in [-0.1, -0.05) is 6.07 Å². The fourth-order valence-electron chi connectivity index (χ4n) is 2.16. The predicted octanol–water partition coefficient (Wildman–Crippen LogP) is 2.07. The first kappa shape index (κ1) is 19.7. The van der Waals surface area contributed by atoms with Crippen LogP contribution in [0.3, 0.4) is 0 Å². The fraction of sp³-hybridized carbons (Fsp3) is 0.235. The second-order valence-electron chi connectivity index (χ2n) is 5.37. The van der Waals surface area contributed by atoms with Crippen molar-refractivity contribution in [3.05, 3.63) is 47.8 Å². The lowest BCUT2D eigenvalue weighted by Crippen LogP contribution is -2.33. The highest BCUT2D eigenvalue weighted by Gasteiger charge is 2.18. The normalized spacial score (nSPS) is 11.1. The molecule has 0 saturated carbocycles. The molecule has 0 spiro atoms. The molecule has 0 unspecified atom stereocenters. The summed E-state index contributed by atoms with van der Waals surface area (Å²) < 4.78 is 50.5. The Morgan fingerprint density at radius 2 is 1.77 bits per heavy atom. The second kappa shape index (κ2) is 8.15. The molecule has 2 rings (SSSR count). The average Bonchev–Trinajstić information content (AvgIpc) is 2.62. The van der Waals surface area contributed by atoms with E-state index in [-0.39, 0.29) is 16.3 Å². The van der Waals surface area contributed by atoms with Gasteiger partial charge in [-0.15, -0.1) is 0 Å². The number of carbonyl (C=O) groups is 1. The predicted molar refractivity (Wildman–Crippen MR) is 94.5 cm³/mol. The molecule has 9 heteroatoms. The molecule has 2 aromatic carbocycles. The van der Waals surface area contributed by atoms with Crippen molar-refractivity contribution in [2.75, 3.05) is 26.1 Å². The Bertz CT molecular complexity index is 915. The Hall–Kier alpha value is -2.65. The first-order valence-corrected chi connectivity index (χ1v) is 9.03. The molecule has 26 heavy (non-hydrogen) atoms. The van der Waals surface area contributed by atoms with Crippen LogP contribution in [-0.2, 0) is 14.8 Å². The van der Waals surface area contributed by atoms with Gasteiger partial charge in [-0.25, -0.2) is 17.5 Å². The molecule has 0 saturated heterocycles. The highest BCUT2D eigenvalue weighted by atomic mass is 32.2. The van der Waals surface area contributed by atoms with Gasteiger partial charge in [0.2, 0.25) is 15.9 Å². The van der Waals surface area contributed by atoms with Gasteiger partial charge in [0.05, 0.1) is 31.3 Å². The summed E-state index contributed by atoms with van der Waals surface area (Å²) in [5, 5.41) is 2.33. The fourth-order valence-corrected chi connectivity index (χ4v) is 3.15. The minimum Gasteiger partial charge on any atom is -0.493 e. The maximum Gasteiger partial charge on any atom is 0.241 e. The lowest BCUT2D eigenvalue weighted by Gasteiger charge is -2.11. The number of halogens is 1. The molecule has 0 heterocycles. The smallest absolute Gasteiger partial charge is 0.241 e. The Kier molecular flexibility index (Phi) is 6.17. The number of anilines is 1. The molecular weight excluding hydrogens is 363 g/mol. The van der Waals surface area contributed by atoms with Gasteiger partial charge in [-0.2, -0.15) is 0 Å². The van der Waals surface area contributed by atoms with E-state index in [1.165, 1.54) is 44.6 Å². The first-order chi connectivity index (χ1) is 12.3. The SMILES string of the molecule is COc1ccc(S(=O)(=O)NCC(=O)Nc2cc(C)ccc2F)cc1OC. The van der Waals surface area contributed by atoms with Gasteiger partial charge < -0.3 is 14.8 Å². The number of ether oxygens (including phenoxy) is 2. The van der Waals surface area contributed by atoms with E-state index >= 15 is 0 Å². The van der Waals surface area contributed by atoms with Crippen molar-refractivity contribution in [2.24, 2.45) is 0 Å². The van der Waals surface area contributed by atoms with Crippen LogP contribution >= 0.6 is 0 Å². The summed E-state index contributed by atoms with van der Waals surface area (Å²) in [6, 6.07) is 8.27. The minimum absolute atomic E-state index is 0.0136. The van der Waals surface area contributed by atoms with Crippen molar-refractivity contribution in [1.82, 2.24) is 4.72 Å². The quantitative estimate of drug-likeness (QED) is 0.765. The summed E-state index contributed by atoms with van der Waals surface area (Å²) in [5.41, 5.74) is 0.743. The van der Waals surface area contributed by atoms with E-state index in [4.69, 9.17) is 9.47 Å². The van der Waals surface area contributed by atoms with E-state index in [9.17, 15) is 17.6 Å². The lowest BCUT2D eigenvalue weighted by atomic mass is 10.2. The number of methoxy groups -OCH3 is 2. The minimum atomic E-state index is -3.96. The molecule has 7 nitrogen and oxygen atoms in total. The zero-order valence-electron chi connectivity index (χ0n) is 14.5. The van der Waals surface area contributed by atoms with Crippen molar-refractivity contribution >= 4 is 21.6 Å². The van der Waals surface area contributed by atoms with Crippen LogP contribution in [0, 0.1) is 12.7 Å². The third-order valence-corrected chi connectivity index (χ3v) is 4.88.